The monoisotopic (exact) mass is 202 g/mol. The molecule has 0 saturated heterocycles. The molecule has 0 N–H and O–H groups in total. The number of halogens is 4. The second kappa shape index (κ2) is 4.43. The molecule has 0 heterocycles. The largest absolute Gasteiger partial charge is 0.466 e. The molecule has 0 aliphatic rings. The van der Waals surface area contributed by atoms with E-state index in [9.17, 15) is 22.4 Å². The van der Waals surface area contributed by atoms with Crippen molar-refractivity contribution >= 4 is 5.97 Å². The first-order valence-electron chi connectivity index (χ1n) is 3.66. The highest BCUT2D eigenvalue weighted by Gasteiger charge is 2.50. The van der Waals surface area contributed by atoms with E-state index in [4.69, 9.17) is 0 Å². The highest BCUT2D eigenvalue weighted by Crippen LogP contribution is 2.31. The summed E-state index contributed by atoms with van der Waals surface area (Å²) in [5, 5.41) is 0. The van der Waals surface area contributed by atoms with E-state index >= 15 is 0 Å². The topological polar surface area (TPSA) is 26.3 Å². The third-order valence-electron chi connectivity index (χ3n) is 1.51. The van der Waals surface area contributed by atoms with Gasteiger partial charge in [0.05, 0.1) is 6.61 Å². The summed E-state index contributed by atoms with van der Waals surface area (Å²) in [7, 11) is 0. The van der Waals surface area contributed by atoms with Crippen LogP contribution in [0.25, 0.3) is 0 Å². The Balaban J connectivity index is 4.39. The summed E-state index contributed by atoms with van der Waals surface area (Å²) in [6, 6.07) is 0. The molecule has 0 fully saturated rings. The van der Waals surface area contributed by atoms with Gasteiger partial charge in [-0.15, -0.1) is 0 Å². The highest BCUT2D eigenvalue weighted by molar-refractivity contribution is 5.73. The minimum Gasteiger partial charge on any atom is -0.466 e. The van der Waals surface area contributed by atoms with Crippen LogP contribution in [0.4, 0.5) is 17.6 Å². The van der Waals surface area contributed by atoms with Gasteiger partial charge in [0.1, 0.15) is 5.92 Å². The molecule has 0 bridgehead atoms. The van der Waals surface area contributed by atoms with E-state index in [2.05, 4.69) is 4.74 Å². The van der Waals surface area contributed by atoms with Crippen LogP contribution in [0.3, 0.4) is 0 Å². The van der Waals surface area contributed by atoms with Crippen LogP contribution in [0.15, 0.2) is 0 Å². The van der Waals surface area contributed by atoms with Crippen molar-refractivity contribution in [3.8, 4) is 0 Å². The predicted octanol–water partition coefficient (Wildman–Crippen LogP) is 2.09. The average molecular weight is 202 g/mol. The lowest BCUT2D eigenvalue weighted by molar-refractivity contribution is -0.187. The van der Waals surface area contributed by atoms with E-state index in [0.29, 0.717) is 6.92 Å². The molecule has 78 valence electrons. The fraction of sp³-hybridized carbons (Fsp3) is 0.857. The molecule has 0 amide bonds. The summed E-state index contributed by atoms with van der Waals surface area (Å²) in [5.74, 6) is -7.76. The smallest absolute Gasteiger partial charge is 0.320 e. The lowest BCUT2D eigenvalue weighted by Gasteiger charge is -2.20. The molecule has 0 rings (SSSR count). The van der Waals surface area contributed by atoms with Crippen LogP contribution in [0, 0.1) is 5.92 Å². The maximum atomic E-state index is 12.5. The van der Waals surface area contributed by atoms with E-state index in [-0.39, 0.29) is 6.61 Å². The SMILES string of the molecule is CCOC(=O)C(C)C(F)(F)C(F)F. The minimum absolute atomic E-state index is 0.109. The zero-order valence-corrected chi connectivity index (χ0v) is 7.19. The molecule has 13 heavy (non-hydrogen) atoms. The summed E-state index contributed by atoms with van der Waals surface area (Å²) < 4.78 is 52.5. The first kappa shape index (κ1) is 12.2. The molecule has 0 spiro atoms. The summed E-state index contributed by atoms with van der Waals surface area (Å²) in [6.45, 7) is 2.01. The number of carbonyl (C=O) groups is 1. The van der Waals surface area contributed by atoms with Crippen molar-refractivity contribution in [3.05, 3.63) is 0 Å². The lowest BCUT2D eigenvalue weighted by Crippen LogP contribution is -2.39. The van der Waals surface area contributed by atoms with Crippen molar-refractivity contribution in [3.63, 3.8) is 0 Å². The lowest BCUT2D eigenvalue weighted by atomic mass is 10.1. The van der Waals surface area contributed by atoms with Gasteiger partial charge in [0.15, 0.2) is 0 Å². The number of carbonyl (C=O) groups excluding carboxylic acids is 1. The Morgan fingerprint density at radius 3 is 2.23 bits per heavy atom. The molecule has 0 radical (unpaired) electrons. The molecule has 0 aromatic heterocycles. The van der Waals surface area contributed by atoms with E-state index in [1.807, 2.05) is 0 Å². The zero-order chi connectivity index (χ0) is 10.6. The quantitative estimate of drug-likeness (QED) is 0.515. The number of hydrogen-bond donors (Lipinski definition) is 0. The van der Waals surface area contributed by atoms with Crippen LogP contribution < -0.4 is 0 Å². The maximum absolute atomic E-state index is 12.5. The molecule has 0 aliphatic carbocycles. The maximum Gasteiger partial charge on any atom is 0.320 e. The van der Waals surface area contributed by atoms with Gasteiger partial charge in [-0.25, -0.2) is 8.78 Å². The fourth-order valence-electron chi connectivity index (χ4n) is 0.613. The van der Waals surface area contributed by atoms with Crippen molar-refractivity contribution in [1.29, 1.82) is 0 Å². The van der Waals surface area contributed by atoms with Gasteiger partial charge in [-0.05, 0) is 13.8 Å². The van der Waals surface area contributed by atoms with Gasteiger partial charge < -0.3 is 4.74 Å². The summed E-state index contributed by atoms with van der Waals surface area (Å²) >= 11 is 0. The van der Waals surface area contributed by atoms with Gasteiger partial charge in [0.25, 0.3) is 0 Å². The molecule has 0 aromatic rings. The van der Waals surface area contributed by atoms with E-state index in [1.165, 1.54) is 6.92 Å². The number of alkyl halides is 4. The molecular weight excluding hydrogens is 192 g/mol. The molecule has 1 atom stereocenters. The van der Waals surface area contributed by atoms with E-state index in [0.717, 1.165) is 0 Å². The number of rotatable bonds is 4. The Morgan fingerprint density at radius 2 is 1.92 bits per heavy atom. The van der Waals surface area contributed by atoms with Crippen molar-refractivity contribution < 1.29 is 27.1 Å². The Labute approximate surface area is 72.9 Å². The second-order valence-corrected chi connectivity index (χ2v) is 2.45. The van der Waals surface area contributed by atoms with Crippen LogP contribution in [0.1, 0.15) is 13.8 Å². The predicted molar refractivity (Wildman–Crippen MR) is 36.7 cm³/mol. The zero-order valence-electron chi connectivity index (χ0n) is 7.19. The molecular formula is C7H10F4O2. The number of esters is 1. The van der Waals surface area contributed by atoms with Crippen LogP contribution in [0.5, 0.6) is 0 Å². The van der Waals surface area contributed by atoms with Gasteiger partial charge in [-0.1, -0.05) is 0 Å². The Bertz CT molecular complexity index is 181. The third kappa shape index (κ3) is 2.86. The Morgan fingerprint density at radius 1 is 1.46 bits per heavy atom. The van der Waals surface area contributed by atoms with Crippen LogP contribution >= 0.6 is 0 Å². The molecule has 6 heteroatoms. The Hall–Kier alpha value is -0.810. The van der Waals surface area contributed by atoms with Gasteiger partial charge in [-0.3, -0.25) is 4.79 Å². The Kier molecular flexibility index (Phi) is 4.16. The highest BCUT2D eigenvalue weighted by atomic mass is 19.3. The first-order valence-corrected chi connectivity index (χ1v) is 3.66. The number of ether oxygens (including phenoxy) is 1. The molecule has 0 aromatic carbocycles. The van der Waals surface area contributed by atoms with Gasteiger partial charge >= 0.3 is 18.3 Å². The molecule has 0 saturated carbocycles. The summed E-state index contributed by atoms with van der Waals surface area (Å²) in [6.07, 6.45) is -3.85. The first-order chi connectivity index (χ1) is 5.84. The van der Waals surface area contributed by atoms with Gasteiger partial charge in [0.2, 0.25) is 0 Å². The molecule has 0 aliphatic heterocycles. The van der Waals surface area contributed by atoms with Crippen LogP contribution in [-0.2, 0) is 9.53 Å². The van der Waals surface area contributed by atoms with Crippen LogP contribution in [0.2, 0.25) is 0 Å². The van der Waals surface area contributed by atoms with E-state index < -0.39 is 24.2 Å². The molecule has 2 nitrogen and oxygen atoms in total. The van der Waals surface area contributed by atoms with Crippen molar-refractivity contribution in [2.45, 2.75) is 26.2 Å². The van der Waals surface area contributed by atoms with Gasteiger partial charge in [-0.2, -0.15) is 8.78 Å². The number of hydrogen-bond acceptors (Lipinski definition) is 2. The van der Waals surface area contributed by atoms with Crippen molar-refractivity contribution in [2.24, 2.45) is 5.92 Å². The summed E-state index contributed by atoms with van der Waals surface area (Å²) in [5.41, 5.74) is 0. The molecule has 1 unspecified atom stereocenters. The second-order valence-electron chi connectivity index (χ2n) is 2.45. The van der Waals surface area contributed by atoms with Crippen molar-refractivity contribution in [1.82, 2.24) is 0 Å². The van der Waals surface area contributed by atoms with Crippen LogP contribution in [-0.4, -0.2) is 24.9 Å². The average Bonchev–Trinajstić information content (AvgIpc) is 2.03. The van der Waals surface area contributed by atoms with E-state index in [1.54, 1.807) is 0 Å². The van der Waals surface area contributed by atoms with Crippen molar-refractivity contribution in [2.75, 3.05) is 6.61 Å². The van der Waals surface area contributed by atoms with Gasteiger partial charge in [0, 0.05) is 0 Å². The normalized spacial score (nSPS) is 14.4. The fourth-order valence-corrected chi connectivity index (χ4v) is 0.613. The minimum atomic E-state index is -4.33. The standard InChI is InChI=1S/C7H10F4O2/c1-3-13-5(12)4(2)7(10,11)6(8)9/h4,6H,3H2,1-2H3. The third-order valence-corrected chi connectivity index (χ3v) is 1.51. The summed E-state index contributed by atoms with van der Waals surface area (Å²) in [4.78, 5) is 10.7.